The second-order valence-electron chi connectivity index (χ2n) is 8.69. The second kappa shape index (κ2) is 8.15. The molecule has 1 aliphatic heterocycles. The number of aryl methyl sites for hydroxylation is 1. The third-order valence-corrected chi connectivity index (χ3v) is 6.54. The summed E-state index contributed by atoms with van der Waals surface area (Å²) in [5.74, 6) is 0.528. The van der Waals surface area contributed by atoms with E-state index in [1.54, 1.807) is 11.8 Å². The number of ether oxygens (including phenoxy) is 1. The molecule has 1 saturated heterocycles. The maximum atomic E-state index is 12.8. The number of carboxylic acid groups (broad SMARTS) is 1. The molecule has 0 radical (unpaired) electrons. The van der Waals surface area contributed by atoms with E-state index < -0.39 is 5.97 Å². The van der Waals surface area contributed by atoms with Crippen molar-refractivity contribution < 1.29 is 19.4 Å². The molecule has 1 aliphatic carbocycles. The van der Waals surface area contributed by atoms with Gasteiger partial charge in [-0.25, -0.2) is 9.59 Å². The van der Waals surface area contributed by atoms with Crippen LogP contribution in [0.15, 0.2) is 60.8 Å². The van der Waals surface area contributed by atoms with Gasteiger partial charge in [0.25, 0.3) is 0 Å². The summed E-state index contributed by atoms with van der Waals surface area (Å²) in [6.07, 6.45) is 3.41. The number of para-hydroxylation sites is 1. The Bertz CT molecular complexity index is 1140. The van der Waals surface area contributed by atoms with Crippen LogP contribution in [0, 0.1) is 18.8 Å². The summed E-state index contributed by atoms with van der Waals surface area (Å²) in [4.78, 5) is 25.8. The number of aromatic carboxylic acids is 1. The third-order valence-electron chi connectivity index (χ3n) is 6.54. The van der Waals surface area contributed by atoms with Gasteiger partial charge in [0.15, 0.2) is 5.69 Å². The Morgan fingerprint density at radius 2 is 1.66 bits per heavy atom. The highest BCUT2D eigenvalue weighted by Crippen LogP contribution is 2.41. The molecular weight excluding hydrogens is 406 g/mol. The average Bonchev–Trinajstić information content (AvgIpc) is 3.47. The lowest BCUT2D eigenvalue weighted by Gasteiger charge is -2.21. The van der Waals surface area contributed by atoms with Gasteiger partial charge in [-0.1, -0.05) is 48.5 Å². The van der Waals surface area contributed by atoms with Crippen LogP contribution in [-0.2, 0) is 0 Å². The number of benzene rings is 2. The topological polar surface area (TPSA) is 84.7 Å². The number of fused-ring (bicyclic) bond motifs is 1. The lowest BCUT2D eigenvalue weighted by atomic mass is 10.0. The normalized spacial score (nSPS) is 22.0. The van der Waals surface area contributed by atoms with Gasteiger partial charge in [-0.2, -0.15) is 9.78 Å². The number of rotatable bonds is 4. The van der Waals surface area contributed by atoms with Crippen LogP contribution in [0.2, 0.25) is 0 Å². The fourth-order valence-electron chi connectivity index (χ4n) is 5.02. The molecule has 1 saturated carbocycles. The molecule has 1 amide bonds. The SMILES string of the molecule is Cc1cn(C(=O)N2CC3CC(Oc4ccccc4-c4ccccc4)CC3C2)nc1C(=O)O. The number of hydrogen-bond acceptors (Lipinski definition) is 4. The number of aromatic nitrogens is 2. The molecule has 7 heteroatoms. The van der Waals surface area contributed by atoms with Crippen molar-refractivity contribution in [2.45, 2.75) is 25.9 Å². The van der Waals surface area contributed by atoms with E-state index in [2.05, 4.69) is 23.3 Å². The van der Waals surface area contributed by atoms with Crippen molar-refractivity contribution >= 4 is 12.0 Å². The van der Waals surface area contributed by atoms with Crippen LogP contribution < -0.4 is 4.74 Å². The molecule has 5 rings (SSSR count). The number of likely N-dealkylation sites (tertiary alicyclic amines) is 1. The number of carboxylic acids is 1. The zero-order valence-electron chi connectivity index (χ0n) is 17.8. The van der Waals surface area contributed by atoms with E-state index in [-0.39, 0.29) is 17.8 Å². The Morgan fingerprint density at radius 1 is 1.00 bits per heavy atom. The lowest BCUT2D eigenvalue weighted by molar-refractivity contribution is 0.0689. The van der Waals surface area contributed by atoms with E-state index in [1.165, 1.54) is 6.20 Å². The van der Waals surface area contributed by atoms with Gasteiger partial charge in [0, 0.05) is 30.4 Å². The van der Waals surface area contributed by atoms with Crippen molar-refractivity contribution in [3.63, 3.8) is 0 Å². The van der Waals surface area contributed by atoms with Crippen LogP contribution in [0.25, 0.3) is 11.1 Å². The monoisotopic (exact) mass is 431 g/mol. The standard InChI is InChI=1S/C25H25N3O4/c1-16-13-28(26-23(16)24(29)30)25(31)27-14-18-11-20(12-19(18)15-27)32-22-10-6-5-9-21(22)17-7-3-2-4-8-17/h2-10,13,18-20H,11-12,14-15H2,1H3,(H,29,30). The first-order valence-electron chi connectivity index (χ1n) is 10.9. The summed E-state index contributed by atoms with van der Waals surface area (Å²) in [5.41, 5.74) is 2.62. The Balaban J connectivity index is 1.24. The third kappa shape index (κ3) is 3.75. The average molecular weight is 431 g/mol. The van der Waals surface area contributed by atoms with Crippen LogP contribution in [0.5, 0.6) is 5.75 Å². The van der Waals surface area contributed by atoms with Crippen molar-refractivity contribution in [2.24, 2.45) is 11.8 Å². The molecule has 2 heterocycles. The Kier molecular flexibility index (Phi) is 5.17. The van der Waals surface area contributed by atoms with E-state index in [1.807, 2.05) is 36.4 Å². The molecule has 0 bridgehead atoms. The summed E-state index contributed by atoms with van der Waals surface area (Å²) < 4.78 is 7.59. The predicted octanol–water partition coefficient (Wildman–Crippen LogP) is 4.31. The molecule has 0 spiro atoms. The van der Waals surface area contributed by atoms with Gasteiger partial charge in [0.2, 0.25) is 0 Å². The molecule has 7 nitrogen and oxygen atoms in total. The first-order chi connectivity index (χ1) is 15.5. The zero-order chi connectivity index (χ0) is 22.2. The van der Waals surface area contributed by atoms with Gasteiger partial charge >= 0.3 is 12.0 Å². The van der Waals surface area contributed by atoms with Gasteiger partial charge in [-0.15, -0.1) is 0 Å². The molecule has 2 atom stereocenters. The fraction of sp³-hybridized carbons (Fsp3) is 0.320. The molecule has 164 valence electrons. The van der Waals surface area contributed by atoms with Crippen molar-refractivity contribution in [3.05, 3.63) is 72.1 Å². The molecule has 3 aromatic rings. The summed E-state index contributed by atoms with van der Waals surface area (Å²) >= 11 is 0. The molecule has 1 N–H and O–H groups in total. The maximum absolute atomic E-state index is 12.8. The van der Waals surface area contributed by atoms with Crippen molar-refractivity contribution in [1.29, 1.82) is 0 Å². The highest BCUT2D eigenvalue weighted by atomic mass is 16.5. The minimum absolute atomic E-state index is 0.0803. The molecule has 32 heavy (non-hydrogen) atoms. The molecule has 2 aliphatic rings. The minimum Gasteiger partial charge on any atom is -0.490 e. The zero-order valence-corrected chi connectivity index (χ0v) is 17.8. The number of nitrogens with zero attached hydrogens (tertiary/aromatic N) is 3. The van der Waals surface area contributed by atoms with E-state index in [9.17, 15) is 14.7 Å². The first-order valence-corrected chi connectivity index (χ1v) is 10.9. The number of carbonyl (C=O) groups excluding carboxylic acids is 1. The van der Waals surface area contributed by atoms with Crippen molar-refractivity contribution in [2.75, 3.05) is 13.1 Å². The van der Waals surface area contributed by atoms with E-state index in [0.29, 0.717) is 30.5 Å². The Morgan fingerprint density at radius 3 is 2.31 bits per heavy atom. The summed E-state index contributed by atoms with van der Waals surface area (Å²) in [7, 11) is 0. The quantitative estimate of drug-likeness (QED) is 0.665. The summed E-state index contributed by atoms with van der Waals surface area (Å²) in [5, 5.41) is 13.1. The van der Waals surface area contributed by atoms with Gasteiger partial charge in [-0.3, -0.25) is 0 Å². The van der Waals surface area contributed by atoms with Crippen molar-refractivity contribution in [1.82, 2.24) is 14.7 Å². The second-order valence-corrected chi connectivity index (χ2v) is 8.69. The number of amides is 1. The van der Waals surface area contributed by atoms with Gasteiger partial charge in [0.1, 0.15) is 5.75 Å². The maximum Gasteiger partial charge on any atom is 0.356 e. The Labute approximate surface area is 186 Å². The number of hydrogen-bond donors (Lipinski definition) is 1. The van der Waals surface area contributed by atoms with E-state index >= 15 is 0 Å². The summed E-state index contributed by atoms with van der Waals surface area (Å²) in [6, 6.07) is 18.1. The number of carbonyl (C=O) groups is 2. The predicted molar refractivity (Wildman–Crippen MR) is 119 cm³/mol. The van der Waals surface area contributed by atoms with Gasteiger partial charge in [-0.05, 0) is 43.2 Å². The highest BCUT2D eigenvalue weighted by molar-refractivity contribution is 5.88. The van der Waals surface area contributed by atoms with Crippen LogP contribution in [0.1, 0.15) is 28.9 Å². The highest BCUT2D eigenvalue weighted by Gasteiger charge is 2.44. The fourth-order valence-corrected chi connectivity index (χ4v) is 5.02. The van der Waals surface area contributed by atoms with Crippen molar-refractivity contribution in [3.8, 4) is 16.9 Å². The van der Waals surface area contributed by atoms with E-state index in [0.717, 1.165) is 34.4 Å². The smallest absolute Gasteiger partial charge is 0.356 e. The van der Waals surface area contributed by atoms with Gasteiger partial charge in [0.05, 0.1) is 6.10 Å². The molecule has 2 unspecified atom stereocenters. The van der Waals surface area contributed by atoms with Crippen LogP contribution in [0.4, 0.5) is 4.79 Å². The van der Waals surface area contributed by atoms with Gasteiger partial charge < -0.3 is 14.7 Å². The molecule has 2 fully saturated rings. The first kappa shape index (κ1) is 20.3. The molecule has 2 aromatic carbocycles. The molecular formula is C25H25N3O4. The summed E-state index contributed by atoms with van der Waals surface area (Å²) in [6.45, 7) is 2.93. The lowest BCUT2D eigenvalue weighted by Crippen LogP contribution is -2.34. The van der Waals surface area contributed by atoms with Crippen LogP contribution in [-0.4, -0.2) is 51.0 Å². The van der Waals surface area contributed by atoms with Crippen LogP contribution in [0.3, 0.4) is 0 Å². The Hall–Kier alpha value is -3.61. The van der Waals surface area contributed by atoms with Crippen LogP contribution >= 0.6 is 0 Å². The van der Waals surface area contributed by atoms with E-state index in [4.69, 9.17) is 4.74 Å². The molecule has 1 aromatic heterocycles. The minimum atomic E-state index is -1.12. The largest absolute Gasteiger partial charge is 0.490 e.